The lowest BCUT2D eigenvalue weighted by molar-refractivity contribution is -0.125. The quantitative estimate of drug-likeness (QED) is 0.763. The van der Waals surface area contributed by atoms with Gasteiger partial charge < -0.3 is 10.6 Å². The lowest BCUT2D eigenvalue weighted by Gasteiger charge is -2.35. The molecular weight excluding hydrogens is 393 g/mol. The summed E-state index contributed by atoms with van der Waals surface area (Å²) in [5.41, 5.74) is 0.785. The molecule has 2 rings (SSSR count). The maximum Gasteiger partial charge on any atom is 0.242 e. The fourth-order valence-electron chi connectivity index (χ4n) is 2.69. The molecule has 1 aliphatic rings. The number of thiazole rings is 1. The Kier molecular flexibility index (Phi) is 9.17. The lowest BCUT2D eigenvalue weighted by Crippen LogP contribution is -2.57. The van der Waals surface area contributed by atoms with Crippen molar-refractivity contribution in [2.75, 3.05) is 19.3 Å². The molecule has 0 aliphatic carbocycles. The molecule has 1 fully saturated rings. The van der Waals surface area contributed by atoms with E-state index >= 15 is 0 Å². The van der Waals surface area contributed by atoms with Crippen LogP contribution in [0.2, 0.25) is 0 Å². The van der Waals surface area contributed by atoms with Crippen molar-refractivity contribution in [1.29, 1.82) is 0 Å². The SMILES string of the molecule is CCc1nc(C(C)NC(=O)C2(S(C)(=O)=O)CCNCC2)cs1.Cl.Cl. The minimum Gasteiger partial charge on any atom is -0.347 e. The van der Waals surface area contributed by atoms with Crippen LogP contribution in [0.1, 0.15) is 43.4 Å². The van der Waals surface area contributed by atoms with E-state index in [0.29, 0.717) is 25.9 Å². The summed E-state index contributed by atoms with van der Waals surface area (Å²) in [7, 11) is -3.48. The van der Waals surface area contributed by atoms with E-state index in [2.05, 4.69) is 15.6 Å². The summed E-state index contributed by atoms with van der Waals surface area (Å²) in [5.74, 6) is -0.407. The smallest absolute Gasteiger partial charge is 0.242 e. The molecule has 1 aliphatic heterocycles. The van der Waals surface area contributed by atoms with E-state index in [1.165, 1.54) is 0 Å². The van der Waals surface area contributed by atoms with E-state index < -0.39 is 20.5 Å². The third-order valence-electron chi connectivity index (χ3n) is 4.20. The second-order valence-electron chi connectivity index (χ2n) is 5.73. The van der Waals surface area contributed by atoms with Crippen LogP contribution < -0.4 is 10.6 Å². The normalized spacial score (nSPS) is 18.0. The van der Waals surface area contributed by atoms with Crippen LogP contribution in [0.3, 0.4) is 0 Å². The van der Waals surface area contributed by atoms with Gasteiger partial charge in [0.2, 0.25) is 5.91 Å². The first kappa shape index (κ1) is 23.6. The minimum atomic E-state index is -3.48. The van der Waals surface area contributed by atoms with Crippen LogP contribution in [0.4, 0.5) is 0 Å². The predicted molar refractivity (Wildman–Crippen MR) is 102 cm³/mol. The molecule has 2 heterocycles. The van der Waals surface area contributed by atoms with Gasteiger partial charge >= 0.3 is 0 Å². The van der Waals surface area contributed by atoms with Crippen molar-refractivity contribution in [2.45, 2.75) is 43.9 Å². The van der Waals surface area contributed by atoms with Crippen LogP contribution in [0.25, 0.3) is 0 Å². The van der Waals surface area contributed by atoms with Crippen molar-refractivity contribution in [3.05, 3.63) is 16.1 Å². The highest BCUT2D eigenvalue weighted by Gasteiger charge is 2.48. The number of carbonyl (C=O) groups is 1. The molecule has 0 saturated carbocycles. The standard InChI is InChI=1S/C14H23N3O3S2.2ClH/c1-4-12-17-11(9-21-12)10(2)16-13(18)14(22(3,19)20)5-7-15-8-6-14;;/h9-10,15H,4-8H2,1-3H3,(H,16,18);2*1H. The van der Waals surface area contributed by atoms with Crippen molar-refractivity contribution in [3.8, 4) is 0 Å². The average molecular weight is 418 g/mol. The lowest BCUT2D eigenvalue weighted by atomic mass is 9.95. The molecule has 0 spiro atoms. The van der Waals surface area contributed by atoms with Gasteiger partial charge in [-0.2, -0.15) is 0 Å². The third kappa shape index (κ3) is 4.82. The first-order valence-electron chi connectivity index (χ1n) is 7.46. The van der Waals surface area contributed by atoms with Gasteiger partial charge in [-0.3, -0.25) is 4.79 Å². The first-order valence-corrected chi connectivity index (χ1v) is 10.2. The number of aryl methyl sites for hydroxylation is 1. The maximum absolute atomic E-state index is 12.7. The molecule has 24 heavy (non-hydrogen) atoms. The Labute approximate surface area is 159 Å². The molecule has 1 aromatic rings. The molecule has 6 nitrogen and oxygen atoms in total. The molecule has 0 radical (unpaired) electrons. The summed E-state index contributed by atoms with van der Waals surface area (Å²) in [5, 5.41) is 8.88. The summed E-state index contributed by atoms with van der Waals surface area (Å²) in [4.78, 5) is 17.1. The van der Waals surface area contributed by atoms with E-state index in [1.807, 2.05) is 19.2 Å². The number of sulfone groups is 1. The van der Waals surface area contributed by atoms with Crippen molar-refractivity contribution < 1.29 is 13.2 Å². The van der Waals surface area contributed by atoms with E-state index in [0.717, 1.165) is 23.4 Å². The van der Waals surface area contributed by atoms with Gasteiger partial charge in [0.05, 0.1) is 16.7 Å². The zero-order chi connectivity index (χ0) is 16.4. The molecule has 1 saturated heterocycles. The van der Waals surface area contributed by atoms with Crippen molar-refractivity contribution >= 4 is 51.9 Å². The number of aromatic nitrogens is 1. The highest BCUT2D eigenvalue weighted by atomic mass is 35.5. The number of nitrogens with zero attached hydrogens (tertiary/aromatic N) is 1. The molecule has 1 atom stereocenters. The second kappa shape index (κ2) is 9.33. The number of hydrogen-bond acceptors (Lipinski definition) is 6. The van der Waals surface area contributed by atoms with Crippen LogP contribution >= 0.6 is 36.2 Å². The number of hydrogen-bond donors (Lipinski definition) is 2. The van der Waals surface area contributed by atoms with Gasteiger partial charge in [-0.15, -0.1) is 36.2 Å². The van der Waals surface area contributed by atoms with Gasteiger partial charge in [0.15, 0.2) is 14.6 Å². The van der Waals surface area contributed by atoms with E-state index in [-0.39, 0.29) is 30.9 Å². The van der Waals surface area contributed by atoms with Crippen LogP contribution in [-0.2, 0) is 21.1 Å². The maximum atomic E-state index is 12.7. The van der Waals surface area contributed by atoms with E-state index in [9.17, 15) is 13.2 Å². The van der Waals surface area contributed by atoms with Crippen LogP contribution in [-0.4, -0.2) is 43.4 Å². The van der Waals surface area contributed by atoms with Crippen molar-refractivity contribution in [3.63, 3.8) is 0 Å². The van der Waals surface area contributed by atoms with Gasteiger partial charge in [0, 0.05) is 11.6 Å². The van der Waals surface area contributed by atoms with E-state index in [4.69, 9.17) is 0 Å². The Balaban J connectivity index is 0.00000264. The molecule has 0 bridgehead atoms. The highest BCUT2D eigenvalue weighted by molar-refractivity contribution is 7.92. The van der Waals surface area contributed by atoms with Crippen molar-refractivity contribution in [1.82, 2.24) is 15.6 Å². The number of amides is 1. The topological polar surface area (TPSA) is 88.2 Å². The summed E-state index contributed by atoms with van der Waals surface area (Å²) in [6.07, 6.45) is 2.62. The largest absolute Gasteiger partial charge is 0.347 e. The molecule has 1 unspecified atom stereocenters. The molecule has 10 heteroatoms. The van der Waals surface area contributed by atoms with Gasteiger partial charge in [-0.1, -0.05) is 6.92 Å². The van der Waals surface area contributed by atoms with Crippen LogP contribution in [0.5, 0.6) is 0 Å². The monoisotopic (exact) mass is 417 g/mol. The van der Waals surface area contributed by atoms with Gasteiger partial charge in [0.25, 0.3) is 0 Å². The number of rotatable bonds is 5. The summed E-state index contributed by atoms with van der Waals surface area (Å²) in [6.45, 7) is 4.93. The highest BCUT2D eigenvalue weighted by Crippen LogP contribution is 2.29. The Morgan fingerprint density at radius 2 is 2.00 bits per heavy atom. The van der Waals surface area contributed by atoms with Gasteiger partial charge in [-0.25, -0.2) is 13.4 Å². The second-order valence-corrected chi connectivity index (χ2v) is 9.00. The van der Waals surface area contributed by atoms with Gasteiger partial charge in [-0.05, 0) is 39.3 Å². The molecule has 140 valence electrons. The Hall–Kier alpha value is -0.410. The number of nitrogens with one attached hydrogen (secondary N) is 2. The Morgan fingerprint density at radius 3 is 2.46 bits per heavy atom. The third-order valence-corrected chi connectivity index (χ3v) is 7.22. The summed E-state index contributed by atoms with van der Waals surface area (Å²) >= 11 is 1.55. The predicted octanol–water partition coefficient (Wildman–Crippen LogP) is 1.89. The van der Waals surface area contributed by atoms with Crippen molar-refractivity contribution in [2.24, 2.45) is 0 Å². The fourth-order valence-corrected chi connectivity index (χ4v) is 4.87. The Bertz CT molecular complexity index is 643. The van der Waals surface area contributed by atoms with E-state index in [1.54, 1.807) is 11.3 Å². The number of piperidine rings is 1. The summed E-state index contributed by atoms with van der Waals surface area (Å²) < 4.78 is 23.1. The molecule has 1 amide bonds. The van der Waals surface area contributed by atoms with Gasteiger partial charge in [0.1, 0.15) is 0 Å². The molecule has 0 aromatic carbocycles. The molecule has 1 aromatic heterocycles. The first-order chi connectivity index (χ1) is 10.3. The fraction of sp³-hybridized carbons (Fsp3) is 0.714. The average Bonchev–Trinajstić information content (AvgIpc) is 2.95. The number of carbonyl (C=O) groups excluding carboxylic acids is 1. The van der Waals surface area contributed by atoms with Crippen LogP contribution in [0, 0.1) is 0 Å². The number of halogens is 2. The zero-order valence-electron chi connectivity index (χ0n) is 14.0. The van der Waals surface area contributed by atoms with Crippen LogP contribution in [0.15, 0.2) is 5.38 Å². The molecular formula is C14H25Cl2N3O3S2. The zero-order valence-corrected chi connectivity index (χ0v) is 17.3. The Morgan fingerprint density at radius 1 is 1.42 bits per heavy atom. The summed E-state index contributed by atoms with van der Waals surface area (Å²) in [6, 6.07) is -0.294. The minimum absolute atomic E-state index is 0. The molecule has 2 N–H and O–H groups in total.